The third-order valence-corrected chi connectivity index (χ3v) is 10.7. The molecule has 0 rings (SSSR count). The lowest BCUT2D eigenvalue weighted by Crippen LogP contribution is -2.42. The van der Waals surface area contributed by atoms with Gasteiger partial charge in [0.25, 0.3) is 0 Å². The molecule has 0 fully saturated rings. The first kappa shape index (κ1) is 52.4. The molecule has 0 amide bonds. The Morgan fingerprint density at radius 2 is 0.574 bits per heavy atom. The van der Waals surface area contributed by atoms with Crippen molar-refractivity contribution in [2.24, 2.45) is 23.2 Å². The van der Waals surface area contributed by atoms with E-state index in [1.54, 1.807) is 0 Å². The molecular weight excluding hydrogens is 677 g/mol. The molecule has 0 saturated heterocycles. The van der Waals surface area contributed by atoms with Gasteiger partial charge in [0, 0.05) is 19.3 Å². The van der Waals surface area contributed by atoms with E-state index in [9.17, 15) is 19.5 Å². The lowest BCUT2D eigenvalue weighted by atomic mass is 9.92. The van der Waals surface area contributed by atoms with Gasteiger partial charge in [0.2, 0.25) is 0 Å². The molecule has 7 heteroatoms. The Morgan fingerprint density at radius 3 is 0.778 bits per heavy atom. The van der Waals surface area contributed by atoms with E-state index in [1.165, 1.54) is 116 Å². The van der Waals surface area contributed by atoms with E-state index in [0.29, 0.717) is 19.3 Å². The highest BCUT2D eigenvalue weighted by molar-refractivity contribution is 5.70. The summed E-state index contributed by atoms with van der Waals surface area (Å²) in [5, 5.41) is 10.5. The first-order valence-electron chi connectivity index (χ1n) is 23.1. The Balaban J connectivity index is 4.63. The molecule has 0 unspecified atom stereocenters. The summed E-state index contributed by atoms with van der Waals surface area (Å²) >= 11 is 0. The largest absolute Gasteiger partial charge is 0.465 e. The maximum absolute atomic E-state index is 12.7. The minimum Gasteiger partial charge on any atom is -0.465 e. The summed E-state index contributed by atoms with van der Waals surface area (Å²) in [7, 11) is 0. The molecule has 7 nitrogen and oxygen atoms in total. The smallest absolute Gasteiger partial charge is 0.305 e. The molecule has 0 aromatic carbocycles. The maximum atomic E-state index is 12.7. The van der Waals surface area contributed by atoms with Crippen molar-refractivity contribution >= 4 is 17.9 Å². The number of carbonyl (C=O) groups excluding carboxylic acids is 3. The van der Waals surface area contributed by atoms with Crippen molar-refractivity contribution < 1.29 is 33.7 Å². The summed E-state index contributed by atoms with van der Waals surface area (Å²) in [6, 6.07) is 0. The molecule has 54 heavy (non-hydrogen) atoms. The monoisotopic (exact) mass is 767 g/mol. The van der Waals surface area contributed by atoms with Gasteiger partial charge in [0.15, 0.2) is 0 Å². The number of hydrogen-bond acceptors (Lipinski definition) is 7. The van der Waals surface area contributed by atoms with Gasteiger partial charge in [-0.1, -0.05) is 196 Å². The normalized spacial score (nSPS) is 11.9. The molecule has 0 bridgehead atoms. The summed E-state index contributed by atoms with van der Waals surface area (Å²) in [6.07, 6.45) is 32.5. The highest BCUT2D eigenvalue weighted by Crippen LogP contribution is 2.22. The van der Waals surface area contributed by atoms with Crippen LogP contribution in [-0.2, 0) is 28.6 Å². The fraction of sp³-hybridized carbons (Fsp3) is 0.936. The molecule has 0 heterocycles. The van der Waals surface area contributed by atoms with E-state index in [-0.39, 0.29) is 37.7 Å². The van der Waals surface area contributed by atoms with Crippen LogP contribution in [0, 0.1) is 23.2 Å². The first-order chi connectivity index (χ1) is 26.0. The van der Waals surface area contributed by atoms with Crippen molar-refractivity contribution in [2.45, 2.75) is 234 Å². The molecule has 0 radical (unpaired) electrons. The number of hydrogen-bond donors (Lipinski definition) is 1. The van der Waals surface area contributed by atoms with Gasteiger partial charge in [-0.15, -0.1) is 0 Å². The zero-order chi connectivity index (χ0) is 40.1. The summed E-state index contributed by atoms with van der Waals surface area (Å²) in [5.41, 5.74) is -1.18. The van der Waals surface area contributed by atoms with Crippen LogP contribution in [0.15, 0.2) is 0 Å². The molecule has 0 saturated carbocycles. The lowest BCUT2D eigenvalue weighted by molar-refractivity contribution is -0.165. The minimum absolute atomic E-state index is 0.159. The number of carbonyl (C=O) groups is 3. The molecule has 0 aliphatic carbocycles. The molecule has 0 aliphatic rings. The van der Waals surface area contributed by atoms with Gasteiger partial charge in [0.05, 0.1) is 12.0 Å². The van der Waals surface area contributed by atoms with Crippen molar-refractivity contribution in [1.29, 1.82) is 0 Å². The Morgan fingerprint density at radius 1 is 0.370 bits per heavy atom. The lowest BCUT2D eigenvalue weighted by Gasteiger charge is -2.30. The van der Waals surface area contributed by atoms with Crippen LogP contribution in [0.1, 0.15) is 234 Å². The fourth-order valence-electron chi connectivity index (χ4n) is 6.83. The van der Waals surface area contributed by atoms with Gasteiger partial charge in [-0.25, -0.2) is 0 Å². The maximum Gasteiger partial charge on any atom is 0.305 e. The number of aliphatic hydroxyl groups excluding tert-OH is 1. The van der Waals surface area contributed by atoms with E-state index in [0.717, 1.165) is 75.5 Å². The van der Waals surface area contributed by atoms with E-state index in [1.807, 2.05) is 0 Å². The summed E-state index contributed by atoms with van der Waals surface area (Å²) in [5.74, 6) is 1.34. The van der Waals surface area contributed by atoms with Crippen molar-refractivity contribution in [2.75, 3.05) is 26.4 Å². The van der Waals surface area contributed by atoms with Gasteiger partial charge < -0.3 is 19.3 Å². The Hall–Kier alpha value is -1.63. The summed E-state index contributed by atoms with van der Waals surface area (Å²) in [4.78, 5) is 38.0. The topological polar surface area (TPSA) is 99.1 Å². The zero-order valence-electron chi connectivity index (χ0n) is 36.7. The van der Waals surface area contributed by atoms with Gasteiger partial charge in [-0.3, -0.25) is 14.4 Å². The highest BCUT2D eigenvalue weighted by Gasteiger charge is 2.35. The molecule has 0 aromatic rings. The minimum atomic E-state index is -1.18. The third-order valence-electron chi connectivity index (χ3n) is 10.7. The number of ether oxygens (including phenoxy) is 3. The molecule has 1 N–H and O–H groups in total. The number of aliphatic hydroxyl groups is 1. The zero-order valence-corrected chi connectivity index (χ0v) is 36.7. The van der Waals surface area contributed by atoms with Gasteiger partial charge >= 0.3 is 17.9 Å². The predicted molar refractivity (Wildman–Crippen MR) is 225 cm³/mol. The Bertz CT molecular complexity index is 761. The van der Waals surface area contributed by atoms with E-state index in [4.69, 9.17) is 14.2 Å². The summed E-state index contributed by atoms with van der Waals surface area (Å²) in [6.45, 7) is 12.8. The van der Waals surface area contributed by atoms with Crippen molar-refractivity contribution in [3.8, 4) is 0 Å². The second-order valence-corrected chi connectivity index (χ2v) is 17.9. The molecule has 0 atom stereocenters. The molecule has 320 valence electrons. The van der Waals surface area contributed by atoms with Crippen LogP contribution < -0.4 is 0 Å². The number of esters is 3. The van der Waals surface area contributed by atoms with Crippen LogP contribution in [0.5, 0.6) is 0 Å². The van der Waals surface area contributed by atoms with Crippen LogP contribution in [-0.4, -0.2) is 49.4 Å². The highest BCUT2D eigenvalue weighted by atomic mass is 16.6. The quantitative estimate of drug-likeness (QED) is 0.0376. The molecular formula is C47H90O7. The SMILES string of the molecule is CC(C)CCCCCCCCCCC(=O)OCC(CO)(COC(=O)CCCCCCCCCCC(C)C)COC(=O)CCCCCCCCCCC(C)C. The Labute approximate surface area is 334 Å². The average Bonchev–Trinajstić information content (AvgIpc) is 3.13. The fourth-order valence-corrected chi connectivity index (χ4v) is 6.83. The van der Waals surface area contributed by atoms with Crippen molar-refractivity contribution in [1.82, 2.24) is 0 Å². The third kappa shape index (κ3) is 36.0. The molecule has 0 aliphatic heterocycles. The van der Waals surface area contributed by atoms with E-state index in [2.05, 4.69) is 41.5 Å². The first-order valence-corrected chi connectivity index (χ1v) is 23.1. The number of rotatable bonds is 40. The summed E-state index contributed by atoms with van der Waals surface area (Å²) < 4.78 is 16.9. The van der Waals surface area contributed by atoms with Crippen LogP contribution in [0.25, 0.3) is 0 Å². The van der Waals surface area contributed by atoms with Crippen LogP contribution in [0.2, 0.25) is 0 Å². The van der Waals surface area contributed by atoms with Crippen LogP contribution in [0.3, 0.4) is 0 Å². The second-order valence-electron chi connectivity index (χ2n) is 17.9. The van der Waals surface area contributed by atoms with Crippen molar-refractivity contribution in [3.05, 3.63) is 0 Å². The second kappa shape index (κ2) is 37.0. The standard InChI is InChI=1S/C47H90O7/c1-41(2)31-25-19-13-7-10-16-22-28-34-44(49)52-38-47(37-48,39-53-45(50)35-29-23-17-11-8-14-20-26-32-42(3)4)40-54-46(51)36-30-24-18-12-9-15-21-27-33-43(5)6/h41-43,48H,7-40H2,1-6H3. The average molecular weight is 767 g/mol. The van der Waals surface area contributed by atoms with Gasteiger partial charge in [0.1, 0.15) is 19.8 Å². The Kier molecular flexibility index (Phi) is 35.9. The van der Waals surface area contributed by atoms with Crippen LogP contribution in [0.4, 0.5) is 0 Å². The van der Waals surface area contributed by atoms with Crippen molar-refractivity contribution in [3.63, 3.8) is 0 Å². The van der Waals surface area contributed by atoms with Crippen LogP contribution >= 0.6 is 0 Å². The van der Waals surface area contributed by atoms with E-state index < -0.39 is 12.0 Å². The van der Waals surface area contributed by atoms with Gasteiger partial charge in [-0.05, 0) is 37.0 Å². The molecule has 0 aromatic heterocycles. The van der Waals surface area contributed by atoms with E-state index >= 15 is 0 Å². The number of unbranched alkanes of at least 4 members (excludes halogenated alkanes) is 21. The van der Waals surface area contributed by atoms with Gasteiger partial charge in [-0.2, -0.15) is 0 Å². The predicted octanol–water partition coefficient (Wildman–Crippen LogP) is 13.3. The molecule has 0 spiro atoms.